The van der Waals surface area contributed by atoms with Crippen LogP contribution in [-0.2, 0) is 0 Å². The van der Waals surface area contributed by atoms with E-state index in [1.54, 1.807) is 11.3 Å². The van der Waals surface area contributed by atoms with Crippen molar-refractivity contribution < 1.29 is 4.79 Å². The van der Waals surface area contributed by atoms with Gasteiger partial charge in [0.15, 0.2) is 0 Å². The molecule has 20 heavy (non-hydrogen) atoms. The summed E-state index contributed by atoms with van der Waals surface area (Å²) in [6.45, 7) is 3.79. The van der Waals surface area contributed by atoms with Crippen molar-refractivity contribution >= 4 is 17.2 Å². The van der Waals surface area contributed by atoms with E-state index in [1.165, 1.54) is 10.4 Å². The summed E-state index contributed by atoms with van der Waals surface area (Å²) < 4.78 is 0. The molecule has 0 atom stereocenters. The summed E-state index contributed by atoms with van der Waals surface area (Å²) in [5.41, 5.74) is 1.41. The number of likely N-dealkylation sites (tertiary alicyclic amines) is 1. The molecule has 3 heteroatoms. The summed E-state index contributed by atoms with van der Waals surface area (Å²) in [6.07, 6.45) is 2.14. The Morgan fingerprint density at radius 2 is 1.80 bits per heavy atom. The Morgan fingerprint density at radius 1 is 1.10 bits per heavy atom. The third-order valence-corrected chi connectivity index (χ3v) is 4.99. The zero-order valence-electron chi connectivity index (χ0n) is 11.7. The first-order chi connectivity index (χ1) is 9.74. The monoisotopic (exact) mass is 285 g/mol. The van der Waals surface area contributed by atoms with Crippen LogP contribution in [0, 0.1) is 6.92 Å². The van der Waals surface area contributed by atoms with Gasteiger partial charge in [-0.25, -0.2) is 0 Å². The molecule has 1 aliphatic rings. The second-order valence-electron chi connectivity index (χ2n) is 5.39. The molecule has 1 amide bonds. The van der Waals surface area contributed by atoms with Gasteiger partial charge in [0.2, 0.25) is 0 Å². The van der Waals surface area contributed by atoms with Crippen molar-refractivity contribution in [1.82, 2.24) is 4.90 Å². The number of benzene rings is 1. The number of hydrogen-bond acceptors (Lipinski definition) is 2. The Kier molecular flexibility index (Phi) is 3.88. The molecule has 1 aromatic heterocycles. The van der Waals surface area contributed by atoms with Crippen molar-refractivity contribution in [1.29, 1.82) is 0 Å². The van der Waals surface area contributed by atoms with Crippen molar-refractivity contribution in [2.24, 2.45) is 0 Å². The maximum atomic E-state index is 12.4. The van der Waals surface area contributed by atoms with Gasteiger partial charge in [-0.1, -0.05) is 30.3 Å². The Morgan fingerprint density at radius 3 is 2.40 bits per heavy atom. The molecular formula is C17H19NOS. The fourth-order valence-corrected chi connectivity index (χ4v) is 3.68. The van der Waals surface area contributed by atoms with E-state index in [1.807, 2.05) is 24.0 Å². The lowest BCUT2D eigenvalue weighted by molar-refractivity contribution is 0.0718. The van der Waals surface area contributed by atoms with Gasteiger partial charge in [0.25, 0.3) is 5.91 Å². The quantitative estimate of drug-likeness (QED) is 0.814. The van der Waals surface area contributed by atoms with Crippen LogP contribution < -0.4 is 0 Å². The molecular weight excluding hydrogens is 266 g/mol. The highest BCUT2D eigenvalue weighted by Gasteiger charge is 2.24. The van der Waals surface area contributed by atoms with Gasteiger partial charge in [-0.2, -0.15) is 0 Å². The van der Waals surface area contributed by atoms with Gasteiger partial charge in [-0.05, 0) is 43.4 Å². The molecule has 1 aliphatic heterocycles. The highest BCUT2D eigenvalue weighted by Crippen LogP contribution is 2.29. The second-order valence-corrected chi connectivity index (χ2v) is 6.68. The number of rotatable bonds is 2. The predicted molar refractivity (Wildman–Crippen MR) is 83.4 cm³/mol. The Hall–Kier alpha value is -1.61. The minimum Gasteiger partial charge on any atom is -0.338 e. The molecule has 1 fully saturated rings. The number of aryl methyl sites for hydroxylation is 1. The molecule has 1 saturated heterocycles. The van der Waals surface area contributed by atoms with Crippen LogP contribution in [0.25, 0.3) is 0 Å². The number of thiophene rings is 1. The van der Waals surface area contributed by atoms with E-state index in [-0.39, 0.29) is 5.91 Å². The van der Waals surface area contributed by atoms with Crippen LogP contribution in [0.5, 0.6) is 0 Å². The molecule has 0 radical (unpaired) electrons. The lowest BCUT2D eigenvalue weighted by Gasteiger charge is -2.32. The van der Waals surface area contributed by atoms with Crippen molar-refractivity contribution in [3.63, 3.8) is 0 Å². The minimum atomic E-state index is 0.203. The van der Waals surface area contributed by atoms with E-state index in [2.05, 4.69) is 30.3 Å². The van der Waals surface area contributed by atoms with Crippen molar-refractivity contribution in [2.75, 3.05) is 13.1 Å². The van der Waals surface area contributed by atoms with Gasteiger partial charge in [0.05, 0.1) is 4.88 Å². The van der Waals surface area contributed by atoms with Gasteiger partial charge in [0, 0.05) is 18.0 Å². The van der Waals surface area contributed by atoms with Gasteiger partial charge in [-0.15, -0.1) is 11.3 Å². The molecule has 2 heterocycles. The summed E-state index contributed by atoms with van der Waals surface area (Å²) in [5, 5.41) is 0. The molecule has 0 spiro atoms. The van der Waals surface area contributed by atoms with Crippen LogP contribution >= 0.6 is 11.3 Å². The molecule has 2 aromatic rings. The number of carbonyl (C=O) groups excluding carboxylic acids is 1. The van der Waals surface area contributed by atoms with E-state index < -0.39 is 0 Å². The standard InChI is InChI=1S/C17H19NOS/c1-13-7-8-16(20-13)17(19)18-11-9-15(10-12-18)14-5-3-2-4-6-14/h2-8,15H,9-12H2,1H3. The van der Waals surface area contributed by atoms with E-state index in [0.29, 0.717) is 5.92 Å². The van der Waals surface area contributed by atoms with E-state index in [4.69, 9.17) is 0 Å². The van der Waals surface area contributed by atoms with Crippen LogP contribution in [0.15, 0.2) is 42.5 Å². The minimum absolute atomic E-state index is 0.203. The van der Waals surface area contributed by atoms with Crippen LogP contribution in [0.2, 0.25) is 0 Å². The van der Waals surface area contributed by atoms with E-state index >= 15 is 0 Å². The van der Waals surface area contributed by atoms with Crippen LogP contribution in [0.4, 0.5) is 0 Å². The number of carbonyl (C=O) groups is 1. The third kappa shape index (κ3) is 2.78. The fourth-order valence-electron chi connectivity index (χ4n) is 2.85. The Balaban J connectivity index is 1.63. The Labute approximate surface area is 124 Å². The molecule has 3 rings (SSSR count). The number of nitrogens with zero attached hydrogens (tertiary/aromatic N) is 1. The maximum Gasteiger partial charge on any atom is 0.263 e. The van der Waals surface area contributed by atoms with Crippen molar-refractivity contribution in [3.05, 3.63) is 57.8 Å². The first-order valence-electron chi connectivity index (χ1n) is 7.14. The Bertz CT molecular complexity index is 582. The van der Waals surface area contributed by atoms with Gasteiger partial charge < -0.3 is 4.90 Å². The summed E-state index contributed by atoms with van der Waals surface area (Å²) in [5.74, 6) is 0.805. The molecule has 0 saturated carbocycles. The molecule has 0 aliphatic carbocycles. The molecule has 0 bridgehead atoms. The second kappa shape index (κ2) is 5.80. The molecule has 1 aromatic carbocycles. The van der Waals surface area contributed by atoms with E-state index in [0.717, 1.165) is 30.8 Å². The zero-order chi connectivity index (χ0) is 13.9. The predicted octanol–water partition coefficient (Wildman–Crippen LogP) is 4.08. The highest BCUT2D eigenvalue weighted by molar-refractivity contribution is 7.13. The fraction of sp³-hybridized carbons (Fsp3) is 0.353. The van der Waals surface area contributed by atoms with Crippen LogP contribution in [0.3, 0.4) is 0 Å². The summed E-state index contributed by atoms with van der Waals surface area (Å²) in [7, 11) is 0. The molecule has 2 nitrogen and oxygen atoms in total. The van der Waals surface area contributed by atoms with Crippen molar-refractivity contribution in [3.8, 4) is 0 Å². The zero-order valence-corrected chi connectivity index (χ0v) is 12.5. The van der Waals surface area contributed by atoms with Gasteiger partial charge in [0.1, 0.15) is 0 Å². The normalized spacial score (nSPS) is 16.4. The first kappa shape index (κ1) is 13.4. The van der Waals surface area contributed by atoms with Crippen LogP contribution in [-0.4, -0.2) is 23.9 Å². The average molecular weight is 285 g/mol. The SMILES string of the molecule is Cc1ccc(C(=O)N2CCC(c3ccccc3)CC2)s1. The number of piperidine rings is 1. The smallest absolute Gasteiger partial charge is 0.263 e. The number of hydrogen-bond donors (Lipinski definition) is 0. The van der Waals surface area contributed by atoms with Gasteiger partial charge >= 0.3 is 0 Å². The van der Waals surface area contributed by atoms with Crippen molar-refractivity contribution in [2.45, 2.75) is 25.7 Å². The third-order valence-electron chi connectivity index (χ3n) is 4.00. The molecule has 0 N–H and O–H groups in total. The van der Waals surface area contributed by atoms with Crippen LogP contribution in [0.1, 0.15) is 38.9 Å². The average Bonchev–Trinajstić information content (AvgIpc) is 2.94. The van der Waals surface area contributed by atoms with E-state index in [9.17, 15) is 4.79 Å². The molecule has 0 unspecified atom stereocenters. The number of amides is 1. The maximum absolute atomic E-state index is 12.4. The molecule has 104 valence electrons. The summed E-state index contributed by atoms with van der Waals surface area (Å²) >= 11 is 1.60. The largest absolute Gasteiger partial charge is 0.338 e. The first-order valence-corrected chi connectivity index (χ1v) is 7.96. The van der Waals surface area contributed by atoms with Gasteiger partial charge in [-0.3, -0.25) is 4.79 Å². The summed E-state index contributed by atoms with van der Waals surface area (Å²) in [4.78, 5) is 16.5. The summed E-state index contributed by atoms with van der Waals surface area (Å²) in [6, 6.07) is 14.6. The topological polar surface area (TPSA) is 20.3 Å². The highest BCUT2D eigenvalue weighted by atomic mass is 32.1. The lowest BCUT2D eigenvalue weighted by Crippen LogP contribution is -2.37. The lowest BCUT2D eigenvalue weighted by atomic mass is 9.89.